The van der Waals surface area contributed by atoms with E-state index in [-0.39, 0.29) is 0 Å². The van der Waals surface area contributed by atoms with Gasteiger partial charge in [0, 0.05) is 5.41 Å². The molecule has 0 aromatic carbocycles. The van der Waals surface area contributed by atoms with Gasteiger partial charge in [0.25, 0.3) is 0 Å². The summed E-state index contributed by atoms with van der Waals surface area (Å²) in [7, 11) is 0. The molecule has 1 heteroatoms. The topological polar surface area (TPSA) is 0 Å². The minimum Gasteiger partial charge on any atom is -0.0847 e. The van der Waals surface area contributed by atoms with Crippen molar-refractivity contribution < 1.29 is 0 Å². The van der Waals surface area contributed by atoms with Crippen LogP contribution in [0.4, 0.5) is 0 Å². The summed E-state index contributed by atoms with van der Waals surface area (Å²) in [6.45, 7) is 7.17. The van der Waals surface area contributed by atoms with Gasteiger partial charge < -0.3 is 0 Å². The molecule has 2 aliphatic rings. The molecule has 1 atom stereocenters. The third-order valence-corrected chi connectivity index (χ3v) is 5.25. The van der Waals surface area contributed by atoms with E-state index in [1.165, 1.54) is 31.3 Å². The van der Waals surface area contributed by atoms with E-state index in [4.69, 9.17) is 0 Å². The Kier molecular flexibility index (Phi) is 3.18. The Hall–Kier alpha value is -0.300. The molecule has 0 N–H and O–H groups in total. The highest BCUT2D eigenvalue weighted by Crippen LogP contribution is 2.56. The lowest BCUT2D eigenvalue weighted by molar-refractivity contribution is 0.125. The molecule has 0 fully saturated rings. The van der Waals surface area contributed by atoms with Gasteiger partial charge in [-0.2, -0.15) is 0 Å². The van der Waals surface area contributed by atoms with Gasteiger partial charge in [-0.25, -0.2) is 0 Å². The lowest BCUT2D eigenvalue weighted by atomic mass is 9.54. The molecule has 0 nitrogen and oxygen atoms in total. The van der Waals surface area contributed by atoms with E-state index in [2.05, 4.69) is 59.9 Å². The van der Waals surface area contributed by atoms with Gasteiger partial charge in [0.1, 0.15) is 0 Å². The quantitative estimate of drug-likeness (QED) is 0.524. The van der Waals surface area contributed by atoms with Crippen molar-refractivity contribution in [3.63, 3.8) is 0 Å². The van der Waals surface area contributed by atoms with Gasteiger partial charge in [0.2, 0.25) is 0 Å². The molecule has 0 amide bonds. The van der Waals surface area contributed by atoms with Crippen molar-refractivity contribution >= 4 is 15.9 Å². The molecule has 0 radical (unpaired) electrons. The van der Waals surface area contributed by atoms with Gasteiger partial charge in [-0.3, -0.25) is 0 Å². The minimum absolute atomic E-state index is 0.310. The van der Waals surface area contributed by atoms with Crippen LogP contribution >= 0.6 is 15.9 Å². The number of hydrogen-bond acceptors (Lipinski definition) is 0. The van der Waals surface area contributed by atoms with Crippen molar-refractivity contribution in [1.82, 2.24) is 0 Å². The van der Waals surface area contributed by atoms with E-state index in [0.717, 1.165) is 0 Å². The maximum absolute atomic E-state index is 3.44. The number of allylic oxidation sites excluding steroid dienone is 5. The minimum atomic E-state index is 0.310. The molecule has 0 aromatic heterocycles. The van der Waals surface area contributed by atoms with Crippen molar-refractivity contribution in [2.24, 2.45) is 10.8 Å². The van der Waals surface area contributed by atoms with Gasteiger partial charge in [0.15, 0.2) is 0 Å². The van der Waals surface area contributed by atoms with Crippen molar-refractivity contribution in [3.8, 4) is 0 Å². The average Bonchev–Trinajstić information content (AvgIpc) is 2.27. The van der Waals surface area contributed by atoms with Gasteiger partial charge in [-0.1, -0.05) is 53.6 Å². The van der Waals surface area contributed by atoms with Gasteiger partial charge in [-0.05, 0) is 48.6 Å². The zero-order valence-electron chi connectivity index (χ0n) is 10.5. The molecular weight excluding hydrogens is 260 g/mol. The van der Waals surface area contributed by atoms with E-state index in [0.29, 0.717) is 10.8 Å². The normalized spacial score (nSPS) is 35.5. The fraction of sp³-hybridized carbons (Fsp3) is 0.600. The van der Waals surface area contributed by atoms with E-state index >= 15 is 0 Å². The first-order chi connectivity index (χ1) is 7.52. The van der Waals surface area contributed by atoms with E-state index in [9.17, 15) is 0 Å². The molecule has 0 aromatic rings. The summed E-state index contributed by atoms with van der Waals surface area (Å²) < 4.78 is 0. The van der Waals surface area contributed by atoms with Crippen LogP contribution in [0.2, 0.25) is 0 Å². The Balaban J connectivity index is 2.43. The number of hydrogen-bond donors (Lipinski definition) is 0. The van der Waals surface area contributed by atoms with Gasteiger partial charge >= 0.3 is 0 Å². The molecule has 0 saturated carbocycles. The summed E-state index contributed by atoms with van der Waals surface area (Å²) in [4.78, 5) is 2.06. The Morgan fingerprint density at radius 1 is 1.31 bits per heavy atom. The van der Waals surface area contributed by atoms with Crippen LogP contribution in [0.1, 0.15) is 46.5 Å². The summed E-state index contributed by atoms with van der Waals surface area (Å²) in [5.41, 5.74) is 3.71. The molecule has 0 aliphatic heterocycles. The Bertz CT molecular complexity index is 371. The molecule has 2 rings (SSSR count). The Labute approximate surface area is 108 Å². The van der Waals surface area contributed by atoms with Crippen molar-refractivity contribution in [1.29, 1.82) is 0 Å². The molecule has 88 valence electrons. The summed E-state index contributed by atoms with van der Waals surface area (Å²) in [6, 6.07) is 0. The number of rotatable bonds is 0. The molecule has 1 spiro atoms. The zero-order chi connectivity index (χ0) is 11.8. The predicted molar refractivity (Wildman–Crippen MR) is 74.6 cm³/mol. The van der Waals surface area contributed by atoms with Crippen LogP contribution in [-0.2, 0) is 0 Å². The standard InChI is InChI=1S/C15H21Br/c1-12-5-4-8-14(2,3)15(12)9-6-13(11-16)7-10-15/h5-6,9,11H,4,7-8,10H2,1-3H3/b13-11+. The fourth-order valence-corrected chi connectivity index (χ4v) is 3.71. The zero-order valence-corrected chi connectivity index (χ0v) is 12.1. The maximum atomic E-state index is 3.44. The van der Waals surface area contributed by atoms with E-state index in [1.54, 1.807) is 5.57 Å². The van der Waals surface area contributed by atoms with Crippen LogP contribution in [-0.4, -0.2) is 0 Å². The van der Waals surface area contributed by atoms with Crippen molar-refractivity contribution in [3.05, 3.63) is 34.4 Å². The van der Waals surface area contributed by atoms with Crippen LogP contribution in [0.3, 0.4) is 0 Å². The largest absolute Gasteiger partial charge is 0.0847 e. The van der Waals surface area contributed by atoms with E-state index < -0.39 is 0 Å². The first-order valence-corrected chi connectivity index (χ1v) is 7.09. The third-order valence-electron chi connectivity index (χ3n) is 4.66. The van der Waals surface area contributed by atoms with Crippen LogP contribution in [0, 0.1) is 10.8 Å². The van der Waals surface area contributed by atoms with Crippen molar-refractivity contribution in [2.75, 3.05) is 0 Å². The summed E-state index contributed by atoms with van der Waals surface area (Å²) in [5, 5.41) is 0. The lowest BCUT2D eigenvalue weighted by Gasteiger charge is -2.50. The van der Waals surface area contributed by atoms with Crippen LogP contribution in [0.5, 0.6) is 0 Å². The SMILES string of the molecule is CC1=CCCC(C)(C)C12C=C/C(=C\Br)CC2. The average molecular weight is 281 g/mol. The summed E-state index contributed by atoms with van der Waals surface area (Å²) >= 11 is 3.44. The Morgan fingerprint density at radius 3 is 2.56 bits per heavy atom. The second kappa shape index (κ2) is 4.18. The fourth-order valence-electron chi connectivity index (χ4n) is 3.33. The molecule has 0 heterocycles. The first kappa shape index (κ1) is 12.2. The smallest absolute Gasteiger partial charge is 0.0145 e. The second-order valence-corrected chi connectivity index (χ2v) is 6.26. The first-order valence-electron chi connectivity index (χ1n) is 6.18. The molecule has 1 unspecified atom stereocenters. The molecule has 2 aliphatic carbocycles. The van der Waals surface area contributed by atoms with Crippen LogP contribution in [0.25, 0.3) is 0 Å². The second-order valence-electron chi connectivity index (χ2n) is 5.80. The van der Waals surface area contributed by atoms with Crippen molar-refractivity contribution in [2.45, 2.75) is 46.5 Å². The highest BCUT2D eigenvalue weighted by molar-refractivity contribution is 9.11. The Morgan fingerprint density at radius 2 is 2.06 bits per heavy atom. The highest BCUT2D eigenvalue weighted by atomic mass is 79.9. The summed E-state index contributed by atoms with van der Waals surface area (Å²) in [6.07, 6.45) is 12.2. The predicted octanol–water partition coefficient (Wildman–Crippen LogP) is 5.37. The molecular formula is C15H21Br. The molecule has 0 bridgehead atoms. The number of halogens is 1. The third kappa shape index (κ3) is 1.73. The van der Waals surface area contributed by atoms with Gasteiger partial charge in [0.05, 0.1) is 0 Å². The highest BCUT2D eigenvalue weighted by Gasteiger charge is 2.46. The van der Waals surface area contributed by atoms with Crippen LogP contribution < -0.4 is 0 Å². The van der Waals surface area contributed by atoms with E-state index in [1.807, 2.05) is 0 Å². The summed E-state index contributed by atoms with van der Waals surface area (Å²) in [5.74, 6) is 0. The van der Waals surface area contributed by atoms with Crippen LogP contribution in [0.15, 0.2) is 34.4 Å². The lowest BCUT2D eigenvalue weighted by Crippen LogP contribution is -2.40. The molecule has 0 saturated heterocycles. The molecule has 16 heavy (non-hydrogen) atoms. The van der Waals surface area contributed by atoms with Gasteiger partial charge in [-0.15, -0.1) is 0 Å². The monoisotopic (exact) mass is 280 g/mol. The maximum Gasteiger partial charge on any atom is 0.0145 e.